The number of nitrogens with one attached hydrogen (secondary N) is 1. The summed E-state index contributed by atoms with van der Waals surface area (Å²) in [5.74, 6) is -0.801. The molecular weight excluding hydrogens is 621 g/mol. The molecule has 0 aliphatic heterocycles. The van der Waals surface area contributed by atoms with Gasteiger partial charge in [0.15, 0.2) is 11.5 Å². The number of carbonyl (C=O) groups is 2. The molecule has 248 valence electrons. The lowest BCUT2D eigenvalue weighted by Gasteiger charge is -2.34. The van der Waals surface area contributed by atoms with Crippen LogP contribution in [0.25, 0.3) is 0 Å². The Labute approximate surface area is 276 Å². The fraction of sp³-hybridized carbons (Fsp3) is 0.278. The van der Waals surface area contributed by atoms with E-state index in [9.17, 15) is 22.4 Å². The maximum absolute atomic E-state index is 14.5. The van der Waals surface area contributed by atoms with Gasteiger partial charge in [0.1, 0.15) is 18.4 Å². The molecule has 0 aliphatic rings. The van der Waals surface area contributed by atoms with Crippen molar-refractivity contribution in [3.8, 4) is 11.5 Å². The number of hydrogen-bond acceptors (Lipinski definition) is 6. The zero-order valence-electron chi connectivity index (χ0n) is 26.8. The largest absolute Gasteiger partial charge is 0.493 e. The Bertz CT molecular complexity index is 1720. The summed E-state index contributed by atoms with van der Waals surface area (Å²) in [5, 5.41) is 2.95. The Balaban J connectivity index is 1.81. The lowest BCUT2D eigenvalue weighted by atomic mass is 10.0. The summed E-state index contributed by atoms with van der Waals surface area (Å²) in [4.78, 5) is 29.7. The molecule has 1 N–H and O–H groups in total. The fourth-order valence-corrected chi connectivity index (χ4v) is 6.50. The Hall–Kier alpha value is -4.90. The van der Waals surface area contributed by atoms with Gasteiger partial charge in [0.25, 0.3) is 10.0 Å². The van der Waals surface area contributed by atoms with E-state index in [4.69, 9.17) is 9.47 Å². The molecule has 4 rings (SSSR count). The second kappa shape index (κ2) is 16.6. The number of amides is 2. The van der Waals surface area contributed by atoms with Crippen LogP contribution in [-0.4, -0.2) is 58.5 Å². The summed E-state index contributed by atoms with van der Waals surface area (Å²) in [6.45, 7) is 1.72. The van der Waals surface area contributed by atoms with Crippen molar-refractivity contribution >= 4 is 27.5 Å². The monoisotopic (exact) mass is 661 g/mol. The van der Waals surface area contributed by atoms with E-state index in [0.29, 0.717) is 17.9 Å². The molecule has 0 radical (unpaired) electrons. The van der Waals surface area contributed by atoms with Gasteiger partial charge in [0.05, 0.1) is 24.8 Å². The van der Waals surface area contributed by atoms with Crippen LogP contribution in [0.15, 0.2) is 108 Å². The zero-order valence-corrected chi connectivity index (χ0v) is 27.6. The van der Waals surface area contributed by atoms with Crippen LogP contribution in [0.4, 0.5) is 10.1 Å². The Morgan fingerprint density at radius 3 is 2.09 bits per heavy atom. The van der Waals surface area contributed by atoms with Crippen molar-refractivity contribution in [3.63, 3.8) is 0 Å². The van der Waals surface area contributed by atoms with E-state index in [2.05, 4.69) is 5.32 Å². The van der Waals surface area contributed by atoms with Crippen LogP contribution in [-0.2, 0) is 32.6 Å². The molecule has 9 nitrogen and oxygen atoms in total. The third-order valence-corrected chi connectivity index (χ3v) is 9.42. The molecule has 11 heteroatoms. The number of benzene rings is 4. The van der Waals surface area contributed by atoms with Crippen LogP contribution >= 0.6 is 0 Å². The third-order valence-electron chi connectivity index (χ3n) is 7.63. The summed E-state index contributed by atoms with van der Waals surface area (Å²) in [5.41, 5.74) is 1.55. The van der Waals surface area contributed by atoms with Crippen molar-refractivity contribution in [2.24, 2.45) is 0 Å². The molecule has 4 aromatic carbocycles. The molecule has 0 spiro atoms. The van der Waals surface area contributed by atoms with Crippen LogP contribution in [0.3, 0.4) is 0 Å². The van der Waals surface area contributed by atoms with Crippen LogP contribution < -0.4 is 19.1 Å². The lowest BCUT2D eigenvalue weighted by molar-refractivity contribution is -0.140. The molecule has 0 unspecified atom stereocenters. The van der Waals surface area contributed by atoms with E-state index < -0.39 is 34.3 Å². The molecule has 0 saturated heterocycles. The maximum atomic E-state index is 14.5. The van der Waals surface area contributed by atoms with Crippen molar-refractivity contribution < 1.29 is 31.9 Å². The van der Waals surface area contributed by atoms with Gasteiger partial charge in [-0.25, -0.2) is 12.8 Å². The first-order valence-electron chi connectivity index (χ1n) is 15.3. The second-order valence-electron chi connectivity index (χ2n) is 10.9. The molecule has 0 heterocycles. The van der Waals surface area contributed by atoms with Crippen LogP contribution in [0, 0.1) is 5.82 Å². The average Bonchev–Trinajstić information content (AvgIpc) is 3.10. The number of hydrogen-bond donors (Lipinski definition) is 1. The van der Waals surface area contributed by atoms with Gasteiger partial charge in [0.2, 0.25) is 11.8 Å². The molecule has 0 fully saturated rings. The molecule has 0 aromatic heterocycles. The minimum atomic E-state index is -4.29. The minimum absolute atomic E-state index is 0.0224. The average molecular weight is 662 g/mol. The third kappa shape index (κ3) is 9.10. The highest BCUT2D eigenvalue weighted by molar-refractivity contribution is 7.92. The van der Waals surface area contributed by atoms with E-state index >= 15 is 0 Å². The molecule has 2 amide bonds. The Kier molecular flexibility index (Phi) is 12.3. The summed E-state index contributed by atoms with van der Waals surface area (Å²) >= 11 is 0. The molecule has 0 aliphatic carbocycles. The van der Waals surface area contributed by atoms with Gasteiger partial charge >= 0.3 is 0 Å². The first-order valence-corrected chi connectivity index (χ1v) is 16.8. The normalized spacial score (nSPS) is 11.7. The van der Waals surface area contributed by atoms with Crippen molar-refractivity contribution in [3.05, 3.63) is 120 Å². The van der Waals surface area contributed by atoms with E-state index in [1.165, 1.54) is 67.7 Å². The Morgan fingerprint density at radius 1 is 0.830 bits per heavy atom. The fourth-order valence-electron chi connectivity index (χ4n) is 5.08. The number of nitrogens with zero attached hydrogens (tertiary/aromatic N) is 2. The smallest absolute Gasteiger partial charge is 0.264 e. The van der Waals surface area contributed by atoms with Gasteiger partial charge in [-0.3, -0.25) is 13.9 Å². The summed E-state index contributed by atoms with van der Waals surface area (Å²) in [6.07, 6.45) is 1.78. The molecule has 1 atom stereocenters. The number of halogens is 1. The first kappa shape index (κ1) is 35.0. The van der Waals surface area contributed by atoms with Crippen LogP contribution in [0.2, 0.25) is 0 Å². The number of unbranched alkanes of at least 4 members (excludes halogenated alkanes) is 1. The topological polar surface area (TPSA) is 105 Å². The first-order chi connectivity index (χ1) is 22.7. The number of rotatable bonds is 16. The van der Waals surface area contributed by atoms with Gasteiger partial charge in [-0.2, -0.15) is 0 Å². The minimum Gasteiger partial charge on any atom is -0.493 e. The number of carbonyl (C=O) groups excluding carboxylic acids is 2. The summed E-state index contributed by atoms with van der Waals surface area (Å²) < 4.78 is 54.0. The van der Waals surface area contributed by atoms with Gasteiger partial charge in [0, 0.05) is 25.6 Å². The molecule has 4 aromatic rings. The second-order valence-corrected chi connectivity index (χ2v) is 12.7. The molecule has 0 bridgehead atoms. The van der Waals surface area contributed by atoms with E-state index in [1.54, 1.807) is 24.3 Å². The van der Waals surface area contributed by atoms with E-state index in [1.807, 2.05) is 37.3 Å². The maximum Gasteiger partial charge on any atom is 0.264 e. The van der Waals surface area contributed by atoms with Crippen LogP contribution in [0.1, 0.15) is 30.9 Å². The quantitative estimate of drug-likeness (QED) is 0.157. The lowest BCUT2D eigenvalue weighted by Crippen LogP contribution is -2.53. The number of methoxy groups -OCH3 is 2. The zero-order chi connectivity index (χ0) is 33.8. The predicted molar refractivity (Wildman–Crippen MR) is 179 cm³/mol. The summed E-state index contributed by atoms with van der Waals surface area (Å²) in [7, 11) is -1.40. The van der Waals surface area contributed by atoms with Crippen molar-refractivity contribution in [2.45, 2.75) is 43.7 Å². The summed E-state index contributed by atoms with van der Waals surface area (Å²) in [6, 6.07) is 26.3. The SMILES string of the molecule is CCCCNC(=O)[C@H](Cc1ccccc1)N(Cc1ccc(F)cc1)C(=O)CN(c1ccc(OC)c(OC)c1)S(=O)(=O)c1ccccc1. The van der Waals surface area contributed by atoms with E-state index in [-0.39, 0.29) is 35.2 Å². The molecule has 47 heavy (non-hydrogen) atoms. The number of anilines is 1. The predicted octanol–water partition coefficient (Wildman–Crippen LogP) is 5.59. The van der Waals surface area contributed by atoms with E-state index in [0.717, 1.165) is 22.7 Å². The molecule has 0 saturated carbocycles. The number of sulfonamides is 1. The van der Waals surface area contributed by atoms with Crippen LogP contribution in [0.5, 0.6) is 11.5 Å². The van der Waals surface area contributed by atoms with Gasteiger partial charge in [-0.15, -0.1) is 0 Å². The number of ether oxygens (including phenoxy) is 2. The highest BCUT2D eigenvalue weighted by Gasteiger charge is 2.35. The van der Waals surface area contributed by atoms with Gasteiger partial charge in [-0.05, 0) is 53.9 Å². The van der Waals surface area contributed by atoms with Crippen molar-refractivity contribution in [2.75, 3.05) is 31.6 Å². The Morgan fingerprint density at radius 2 is 1.47 bits per heavy atom. The van der Waals surface area contributed by atoms with Gasteiger partial charge in [-0.1, -0.05) is 74.0 Å². The standard InChI is InChI=1S/C36H40FN3O6S/c1-4-5-22-38-36(42)32(23-27-12-8-6-9-13-27)39(25-28-16-18-29(37)19-17-28)35(41)26-40(47(43,44)31-14-10-7-11-15-31)30-20-21-33(45-2)34(24-30)46-3/h6-21,24,32H,4-5,22-23,25-26H2,1-3H3,(H,38,42)/t32-/m0/s1. The van der Waals surface area contributed by atoms with Gasteiger partial charge < -0.3 is 19.7 Å². The van der Waals surface area contributed by atoms with Crippen molar-refractivity contribution in [1.82, 2.24) is 10.2 Å². The highest BCUT2D eigenvalue weighted by Crippen LogP contribution is 2.34. The highest BCUT2D eigenvalue weighted by atomic mass is 32.2. The molecular formula is C36H40FN3O6S. The van der Waals surface area contributed by atoms with Crippen molar-refractivity contribution in [1.29, 1.82) is 0 Å².